The number of ether oxygens (including phenoxy) is 9. The lowest BCUT2D eigenvalue weighted by Gasteiger charge is -2.40. The minimum atomic E-state index is -1.13. The Hall–Kier alpha value is -1.71. The molecule has 3 rings (SSSR count). The average molecular weight is 1320 g/mol. The summed E-state index contributed by atoms with van der Waals surface area (Å²) in [6.07, 6.45) is 7.12. The monoisotopic (exact) mass is 1320 g/mol. The van der Waals surface area contributed by atoms with Crippen LogP contribution < -0.4 is 0 Å². The summed E-state index contributed by atoms with van der Waals surface area (Å²) < 4.78 is 50.3. The summed E-state index contributed by atoms with van der Waals surface area (Å²) in [5, 5.41) is 87.7. The molecule has 9 N–H and O–H groups in total. The van der Waals surface area contributed by atoms with Crippen LogP contribution >= 0.6 is 0 Å². The first-order valence-corrected chi connectivity index (χ1v) is 30.0. The molecule has 0 saturated carbocycles. The topological polar surface area (TPSA) is 316 Å². The first-order valence-electron chi connectivity index (χ1n) is 30.0. The first kappa shape index (κ1) is 110. The highest BCUT2D eigenvalue weighted by atomic mass is 16.7. The van der Waals surface area contributed by atoms with Crippen molar-refractivity contribution in [1.82, 2.24) is 0 Å². The standard InChI is InChI=1S/C36H66O14.C22H42O7.11CH4/c1-25-31(41)33(43)29(23-37)49-35(25)47-17-11-7-3-5-9-13-27(39)15-19-45-21-22-46-20-16-28(40)14-10-6-4-8-12-18-48-36-26(2)32(42)34(44)30(24-38)50-36;1-16(2)10-13-27-14-11-18(24)9-7-5-4-6-8-12-28-22-17(3)20(25)21(26)19(15-23)29-22;;;;;;;;;;;/h25-26,29-38,41-44H,3-24H2,1-2H3;16-17,19-23,25-26H,4-15H2,1-3H3;11*1H4/t25-,26-,29?,30?,31?,32?,33-,34-,35+,36+;17-,19?,20?,21-,22+;;;;;;;;;;;/m00.........../s1. The zero-order valence-corrected chi connectivity index (χ0v) is 48.7. The third kappa shape index (κ3) is 46.4. The SMILES string of the molecule is C.C.C.C.C.C.C.C.C.C.C.CC(C)CCOCCC(=O)CCCCCCCO[C@@H]1OC(CO)[C@H](O)C(O)[C@@H]1C.C[C@H]1C(O)[C@@H](O)C(CO)O[C@H]1OCCCCCCCC(=O)CCOCCOCCC(=O)CCCCCCCO[C@@H]1OC(CO)[C@H](O)C(O)[C@@H]1C. The van der Waals surface area contributed by atoms with Crippen LogP contribution in [-0.2, 0) is 57.0 Å². The second-order valence-corrected chi connectivity index (χ2v) is 22.2. The smallest absolute Gasteiger partial charge is 0.163 e. The van der Waals surface area contributed by atoms with Crippen LogP contribution in [-0.4, -0.2) is 216 Å². The molecule has 3 fully saturated rings. The Kier molecular flexibility index (Phi) is 82.0. The maximum Gasteiger partial charge on any atom is 0.163 e. The summed E-state index contributed by atoms with van der Waals surface area (Å²) in [6, 6.07) is 0. The van der Waals surface area contributed by atoms with Crippen molar-refractivity contribution in [2.45, 2.75) is 331 Å². The van der Waals surface area contributed by atoms with Gasteiger partial charge in [0.25, 0.3) is 0 Å². The zero-order chi connectivity index (χ0) is 58.4. The quantitative estimate of drug-likeness (QED) is 0.0256. The molecule has 554 valence electrons. The Balaban J connectivity index is -0.000000175. The summed E-state index contributed by atoms with van der Waals surface area (Å²) in [6.45, 7) is 12.6. The van der Waals surface area contributed by atoms with Crippen LogP contribution in [0.2, 0.25) is 0 Å². The number of Topliss-reactive ketones (excluding diaryl/α,β-unsaturated/α-hetero) is 3. The molecule has 0 aliphatic carbocycles. The van der Waals surface area contributed by atoms with Crippen molar-refractivity contribution >= 4 is 17.3 Å². The number of unbranched alkanes of at least 4 members (excludes halogenated alkanes) is 12. The van der Waals surface area contributed by atoms with E-state index in [0.29, 0.717) is 97.3 Å². The Morgan fingerprint density at radius 1 is 0.322 bits per heavy atom. The van der Waals surface area contributed by atoms with E-state index in [1.54, 1.807) is 20.8 Å². The van der Waals surface area contributed by atoms with Crippen molar-refractivity contribution in [3.8, 4) is 0 Å². The third-order valence-electron chi connectivity index (χ3n) is 15.0. The maximum absolute atomic E-state index is 12.1. The molecule has 21 nitrogen and oxygen atoms in total. The highest BCUT2D eigenvalue weighted by molar-refractivity contribution is 5.79. The van der Waals surface area contributed by atoms with Crippen LogP contribution in [0.15, 0.2) is 0 Å². The molecule has 3 heterocycles. The fourth-order valence-electron chi connectivity index (χ4n) is 9.37. The van der Waals surface area contributed by atoms with Gasteiger partial charge in [0.1, 0.15) is 54.0 Å². The largest absolute Gasteiger partial charge is 0.394 e. The molecule has 15 atom stereocenters. The molecule has 0 bridgehead atoms. The fourth-order valence-corrected chi connectivity index (χ4v) is 9.37. The van der Waals surface area contributed by atoms with Gasteiger partial charge >= 0.3 is 0 Å². The number of aliphatic hydroxyl groups excluding tert-OH is 9. The van der Waals surface area contributed by atoms with Crippen molar-refractivity contribution in [3.63, 3.8) is 0 Å². The molecule has 0 aromatic heterocycles. The van der Waals surface area contributed by atoms with Crippen LogP contribution in [0.5, 0.6) is 0 Å². The molecule has 90 heavy (non-hydrogen) atoms. The number of hydrogen-bond donors (Lipinski definition) is 9. The molecular weight excluding hydrogens is 1160 g/mol. The minimum Gasteiger partial charge on any atom is -0.394 e. The first-order chi connectivity index (χ1) is 38.0. The Morgan fingerprint density at radius 3 is 0.800 bits per heavy atom. The summed E-state index contributed by atoms with van der Waals surface area (Å²) in [5.74, 6) is 0.129. The Morgan fingerprint density at radius 2 is 0.556 bits per heavy atom. The van der Waals surface area contributed by atoms with E-state index in [1.165, 1.54) is 0 Å². The van der Waals surface area contributed by atoms with Gasteiger partial charge in [-0.3, -0.25) is 14.4 Å². The number of aliphatic hydroxyl groups is 9. The number of hydrogen-bond acceptors (Lipinski definition) is 21. The normalized spacial score (nSPS) is 25.6. The lowest BCUT2D eigenvalue weighted by atomic mass is 9.92. The zero-order valence-electron chi connectivity index (χ0n) is 48.7. The average Bonchev–Trinajstić information content (AvgIpc) is 2.18. The summed E-state index contributed by atoms with van der Waals surface area (Å²) in [5.41, 5.74) is 0. The van der Waals surface area contributed by atoms with Crippen LogP contribution in [0.25, 0.3) is 0 Å². The number of rotatable bonds is 45. The van der Waals surface area contributed by atoms with E-state index in [2.05, 4.69) is 13.8 Å². The predicted octanol–water partition coefficient (Wildman–Crippen LogP) is 11.2. The fraction of sp³-hybridized carbons (Fsp3) is 0.957. The lowest BCUT2D eigenvalue weighted by molar-refractivity contribution is -0.282. The van der Waals surface area contributed by atoms with E-state index >= 15 is 0 Å². The summed E-state index contributed by atoms with van der Waals surface area (Å²) in [4.78, 5) is 36.0. The molecule has 0 amide bonds. The van der Waals surface area contributed by atoms with Crippen LogP contribution in [0.3, 0.4) is 0 Å². The molecule has 6 unspecified atom stereocenters. The van der Waals surface area contributed by atoms with Crippen molar-refractivity contribution < 1.29 is 103 Å². The van der Waals surface area contributed by atoms with E-state index < -0.39 is 85.6 Å². The van der Waals surface area contributed by atoms with E-state index in [0.717, 1.165) is 109 Å². The van der Waals surface area contributed by atoms with Crippen molar-refractivity contribution in [1.29, 1.82) is 0 Å². The van der Waals surface area contributed by atoms with E-state index in [-0.39, 0.29) is 125 Å². The van der Waals surface area contributed by atoms with Crippen molar-refractivity contribution in [2.24, 2.45) is 23.7 Å². The van der Waals surface area contributed by atoms with Gasteiger partial charge < -0.3 is 88.6 Å². The second-order valence-electron chi connectivity index (χ2n) is 22.2. The molecule has 0 aromatic carbocycles. The molecule has 21 heteroatoms. The molecule has 0 spiro atoms. The van der Waals surface area contributed by atoms with Gasteiger partial charge in [-0.2, -0.15) is 0 Å². The second kappa shape index (κ2) is 67.3. The van der Waals surface area contributed by atoms with E-state index in [9.17, 15) is 60.3 Å². The van der Waals surface area contributed by atoms with Crippen LogP contribution in [0.1, 0.15) is 258 Å². The third-order valence-corrected chi connectivity index (χ3v) is 15.0. The van der Waals surface area contributed by atoms with Gasteiger partial charge in [0.2, 0.25) is 0 Å². The van der Waals surface area contributed by atoms with Gasteiger partial charge in [0.05, 0.1) is 71.2 Å². The maximum atomic E-state index is 12.1. The van der Waals surface area contributed by atoms with Crippen molar-refractivity contribution in [2.75, 3.05) is 79.3 Å². The molecule has 3 saturated heterocycles. The molecule has 3 aliphatic heterocycles. The molecule has 0 radical (unpaired) electrons. The van der Waals surface area contributed by atoms with Crippen LogP contribution in [0, 0.1) is 23.7 Å². The summed E-state index contributed by atoms with van der Waals surface area (Å²) >= 11 is 0. The molecule has 0 aromatic rings. The Bertz CT molecular complexity index is 1460. The molecule has 3 aliphatic rings. The van der Waals surface area contributed by atoms with Gasteiger partial charge in [0, 0.05) is 82.7 Å². The van der Waals surface area contributed by atoms with Gasteiger partial charge in [-0.15, -0.1) is 0 Å². The van der Waals surface area contributed by atoms with Gasteiger partial charge in [-0.1, -0.05) is 174 Å². The lowest BCUT2D eigenvalue weighted by Crippen LogP contribution is -2.55. The van der Waals surface area contributed by atoms with Gasteiger partial charge in [-0.25, -0.2) is 0 Å². The van der Waals surface area contributed by atoms with E-state index in [1.807, 2.05) is 0 Å². The molecular formula is C69H152O21. The van der Waals surface area contributed by atoms with Gasteiger partial charge in [0.15, 0.2) is 18.9 Å². The predicted molar refractivity (Wildman–Crippen MR) is 367 cm³/mol. The summed E-state index contributed by atoms with van der Waals surface area (Å²) in [7, 11) is 0. The Labute approximate surface area is 552 Å². The highest BCUT2D eigenvalue weighted by Crippen LogP contribution is 2.29. The number of carbonyl (C=O) groups excluding carboxylic acids is 3. The number of carbonyl (C=O) groups is 3. The highest BCUT2D eigenvalue weighted by Gasteiger charge is 2.44. The van der Waals surface area contributed by atoms with E-state index in [4.69, 9.17) is 42.6 Å². The van der Waals surface area contributed by atoms with Crippen molar-refractivity contribution in [3.05, 3.63) is 0 Å². The minimum absolute atomic E-state index is 0. The van der Waals surface area contributed by atoms with Gasteiger partial charge in [-0.05, 0) is 50.9 Å². The number of ketones is 3. The van der Waals surface area contributed by atoms with Crippen LogP contribution in [0.4, 0.5) is 0 Å².